The third-order valence-corrected chi connectivity index (χ3v) is 4.87. The van der Waals surface area contributed by atoms with Crippen LogP contribution in [0.3, 0.4) is 0 Å². The summed E-state index contributed by atoms with van der Waals surface area (Å²) in [7, 11) is 1.59. The fourth-order valence-corrected chi connectivity index (χ4v) is 3.56. The van der Waals surface area contributed by atoms with Gasteiger partial charge in [-0.15, -0.1) is 0 Å². The van der Waals surface area contributed by atoms with Crippen molar-refractivity contribution in [1.29, 1.82) is 0 Å². The molecule has 2 aliphatic heterocycles. The molecular weight excluding hydrogens is 318 g/mol. The minimum Gasteiger partial charge on any atom is -0.497 e. The average molecular weight is 337 g/mol. The fraction of sp³-hybridized carbons (Fsp3) is 0.316. The van der Waals surface area contributed by atoms with Gasteiger partial charge in [-0.25, -0.2) is 0 Å². The molecule has 128 valence electrons. The summed E-state index contributed by atoms with van der Waals surface area (Å²) >= 11 is 0. The Balaban J connectivity index is 1.64. The van der Waals surface area contributed by atoms with Crippen molar-refractivity contribution in [2.45, 2.75) is 25.3 Å². The van der Waals surface area contributed by atoms with E-state index in [1.54, 1.807) is 25.4 Å². The number of amides is 2. The molecule has 0 saturated heterocycles. The first-order valence-electron chi connectivity index (χ1n) is 8.35. The lowest BCUT2D eigenvalue weighted by Gasteiger charge is -2.33. The van der Waals surface area contributed by atoms with E-state index in [2.05, 4.69) is 10.3 Å². The number of nitrogens with zero attached hydrogens (tertiary/aromatic N) is 2. The van der Waals surface area contributed by atoms with Crippen molar-refractivity contribution in [3.05, 3.63) is 53.3 Å². The van der Waals surface area contributed by atoms with Gasteiger partial charge < -0.3 is 15.0 Å². The average Bonchev–Trinajstić information content (AvgIpc) is 2.66. The molecule has 1 unspecified atom stereocenters. The molecule has 3 heterocycles. The van der Waals surface area contributed by atoms with Gasteiger partial charge in [0.05, 0.1) is 13.0 Å². The molecule has 25 heavy (non-hydrogen) atoms. The van der Waals surface area contributed by atoms with E-state index in [-0.39, 0.29) is 18.2 Å². The van der Waals surface area contributed by atoms with Crippen molar-refractivity contribution in [1.82, 2.24) is 9.88 Å². The van der Waals surface area contributed by atoms with Crippen LogP contribution < -0.4 is 10.1 Å². The Morgan fingerprint density at radius 3 is 3.08 bits per heavy atom. The number of aromatic nitrogens is 1. The Hall–Kier alpha value is -2.89. The Kier molecular flexibility index (Phi) is 3.87. The van der Waals surface area contributed by atoms with E-state index < -0.39 is 5.92 Å². The van der Waals surface area contributed by atoms with Crippen LogP contribution >= 0.6 is 0 Å². The van der Waals surface area contributed by atoms with Crippen LogP contribution in [-0.4, -0.2) is 35.4 Å². The maximum atomic E-state index is 13.2. The highest BCUT2D eigenvalue weighted by Crippen LogP contribution is 2.36. The van der Waals surface area contributed by atoms with E-state index in [4.69, 9.17) is 4.74 Å². The minimum atomic E-state index is -0.475. The molecule has 0 fully saturated rings. The third kappa shape index (κ3) is 2.84. The van der Waals surface area contributed by atoms with Crippen molar-refractivity contribution in [2.24, 2.45) is 0 Å². The predicted molar refractivity (Wildman–Crippen MR) is 92.3 cm³/mol. The lowest BCUT2D eigenvalue weighted by Crippen LogP contribution is -2.41. The van der Waals surface area contributed by atoms with Crippen LogP contribution in [0.15, 0.2) is 36.5 Å². The van der Waals surface area contributed by atoms with Gasteiger partial charge in [0.1, 0.15) is 5.75 Å². The smallest absolute Gasteiger partial charge is 0.231 e. The molecule has 0 aliphatic carbocycles. The Labute approximate surface area is 145 Å². The van der Waals surface area contributed by atoms with Gasteiger partial charge in [-0.2, -0.15) is 0 Å². The molecule has 1 N–H and O–H groups in total. The maximum absolute atomic E-state index is 13.2. The molecule has 0 spiro atoms. The molecule has 1 aromatic heterocycles. The minimum absolute atomic E-state index is 0.0149. The van der Waals surface area contributed by atoms with Crippen molar-refractivity contribution < 1.29 is 14.3 Å². The van der Waals surface area contributed by atoms with E-state index in [9.17, 15) is 9.59 Å². The van der Waals surface area contributed by atoms with Crippen molar-refractivity contribution in [2.75, 3.05) is 19.0 Å². The number of hydrogen-bond acceptors (Lipinski definition) is 4. The Bertz CT molecular complexity index is 850. The summed E-state index contributed by atoms with van der Waals surface area (Å²) in [6.45, 7) is 1.17. The number of ether oxygens (including phenoxy) is 1. The van der Waals surface area contributed by atoms with Crippen molar-refractivity contribution in [3.8, 4) is 5.75 Å². The number of anilines is 1. The van der Waals surface area contributed by atoms with Gasteiger partial charge in [0.15, 0.2) is 0 Å². The molecule has 6 heteroatoms. The van der Waals surface area contributed by atoms with Crippen LogP contribution in [0.2, 0.25) is 0 Å². The highest BCUT2D eigenvalue weighted by molar-refractivity contribution is 6.01. The molecule has 1 aromatic carbocycles. The van der Waals surface area contributed by atoms with Crippen LogP contribution in [0.4, 0.5) is 5.69 Å². The van der Waals surface area contributed by atoms with Crippen LogP contribution in [0.1, 0.15) is 29.2 Å². The first kappa shape index (κ1) is 15.6. The van der Waals surface area contributed by atoms with E-state index in [0.29, 0.717) is 24.5 Å². The number of carbonyl (C=O) groups is 2. The standard InChI is InChI=1S/C19H19N3O3/c1-25-13-4-5-17-14(9-13)15(10-18(23)21-17)19(24)22-8-6-16-12(11-22)3-2-7-20-16/h2-5,7,9,15H,6,8,10-11H2,1H3,(H,21,23). The zero-order chi connectivity index (χ0) is 17.4. The predicted octanol–water partition coefficient (Wildman–Crippen LogP) is 2.10. The van der Waals surface area contributed by atoms with Crippen LogP contribution in [0, 0.1) is 0 Å². The maximum Gasteiger partial charge on any atom is 0.231 e. The lowest BCUT2D eigenvalue weighted by molar-refractivity contribution is -0.135. The van der Waals surface area contributed by atoms with Gasteiger partial charge in [-0.3, -0.25) is 14.6 Å². The SMILES string of the molecule is COc1ccc2c(c1)C(C(=O)N1CCc3ncccc3C1)CC(=O)N2. The largest absolute Gasteiger partial charge is 0.497 e. The topological polar surface area (TPSA) is 71.5 Å². The number of hydrogen-bond donors (Lipinski definition) is 1. The number of fused-ring (bicyclic) bond motifs is 2. The second kappa shape index (κ2) is 6.20. The fourth-order valence-electron chi connectivity index (χ4n) is 3.56. The first-order valence-corrected chi connectivity index (χ1v) is 8.35. The molecule has 4 rings (SSSR count). The summed E-state index contributed by atoms with van der Waals surface area (Å²) in [5.74, 6) is 0.0620. The lowest BCUT2D eigenvalue weighted by atomic mass is 9.88. The normalized spacial score (nSPS) is 18.8. The molecule has 2 aromatic rings. The zero-order valence-electron chi connectivity index (χ0n) is 14.0. The second-order valence-corrected chi connectivity index (χ2v) is 6.38. The van der Waals surface area contributed by atoms with Crippen LogP contribution in [0.25, 0.3) is 0 Å². The first-order chi connectivity index (χ1) is 12.2. The van der Waals surface area contributed by atoms with Gasteiger partial charge in [0, 0.05) is 43.5 Å². The second-order valence-electron chi connectivity index (χ2n) is 6.38. The number of rotatable bonds is 2. The molecule has 2 amide bonds. The monoisotopic (exact) mass is 337 g/mol. The zero-order valence-corrected chi connectivity index (χ0v) is 14.0. The summed E-state index contributed by atoms with van der Waals surface area (Å²) in [6.07, 6.45) is 2.69. The van der Waals surface area contributed by atoms with Gasteiger partial charge in [0.2, 0.25) is 11.8 Å². The number of benzene rings is 1. The summed E-state index contributed by atoms with van der Waals surface area (Å²) in [6, 6.07) is 9.32. The molecule has 0 saturated carbocycles. The van der Waals surface area contributed by atoms with Crippen LogP contribution in [0.5, 0.6) is 5.75 Å². The highest BCUT2D eigenvalue weighted by atomic mass is 16.5. The third-order valence-electron chi connectivity index (χ3n) is 4.87. The molecule has 1 atom stereocenters. The summed E-state index contributed by atoms with van der Waals surface area (Å²) < 4.78 is 5.28. The van der Waals surface area contributed by atoms with E-state index >= 15 is 0 Å². The van der Waals surface area contributed by atoms with Crippen molar-refractivity contribution in [3.63, 3.8) is 0 Å². The highest BCUT2D eigenvalue weighted by Gasteiger charge is 2.35. The van der Waals surface area contributed by atoms with E-state index in [1.807, 2.05) is 23.1 Å². The van der Waals surface area contributed by atoms with E-state index in [0.717, 1.165) is 23.2 Å². The Morgan fingerprint density at radius 1 is 1.36 bits per heavy atom. The van der Waals surface area contributed by atoms with Gasteiger partial charge in [0.25, 0.3) is 0 Å². The van der Waals surface area contributed by atoms with Crippen LogP contribution in [-0.2, 0) is 22.6 Å². The Morgan fingerprint density at radius 2 is 2.24 bits per heavy atom. The molecule has 0 radical (unpaired) electrons. The molecular formula is C19H19N3O3. The van der Waals surface area contributed by atoms with Gasteiger partial charge >= 0.3 is 0 Å². The number of methoxy groups -OCH3 is 1. The van der Waals surface area contributed by atoms with Crippen molar-refractivity contribution >= 4 is 17.5 Å². The number of nitrogens with one attached hydrogen (secondary N) is 1. The summed E-state index contributed by atoms with van der Waals surface area (Å²) in [5.41, 5.74) is 3.64. The van der Waals surface area contributed by atoms with Gasteiger partial charge in [-0.1, -0.05) is 6.07 Å². The van der Waals surface area contributed by atoms with E-state index in [1.165, 1.54) is 0 Å². The number of pyridine rings is 1. The number of carbonyl (C=O) groups excluding carboxylic acids is 2. The summed E-state index contributed by atoms with van der Waals surface area (Å²) in [5, 5.41) is 2.84. The molecule has 6 nitrogen and oxygen atoms in total. The quantitative estimate of drug-likeness (QED) is 0.911. The molecule has 2 aliphatic rings. The van der Waals surface area contributed by atoms with Gasteiger partial charge in [-0.05, 0) is 35.4 Å². The summed E-state index contributed by atoms with van der Waals surface area (Å²) in [4.78, 5) is 31.4. The molecule has 0 bridgehead atoms.